The van der Waals surface area contributed by atoms with Gasteiger partial charge in [-0.15, -0.1) is 11.3 Å². The Morgan fingerprint density at radius 3 is 2.35 bits per heavy atom. The summed E-state index contributed by atoms with van der Waals surface area (Å²) in [5.41, 5.74) is 1.44. The van der Waals surface area contributed by atoms with Crippen molar-refractivity contribution >= 4 is 50.4 Å². The molecule has 9 heteroatoms. The number of hydrogen-bond donors (Lipinski definition) is 1. The van der Waals surface area contributed by atoms with Crippen LogP contribution in [0.5, 0.6) is 0 Å². The van der Waals surface area contributed by atoms with Gasteiger partial charge in [-0.25, -0.2) is 9.36 Å². The second-order valence-electron chi connectivity index (χ2n) is 7.11. The molecule has 4 aromatic rings. The highest BCUT2D eigenvalue weighted by molar-refractivity contribution is 7.17. The van der Waals surface area contributed by atoms with E-state index in [-0.39, 0.29) is 12.5 Å². The summed E-state index contributed by atoms with van der Waals surface area (Å²) in [6.45, 7) is -0.227. The Bertz CT molecular complexity index is 1370. The van der Waals surface area contributed by atoms with E-state index in [1.807, 2.05) is 31.1 Å². The van der Waals surface area contributed by atoms with Crippen molar-refractivity contribution in [3.05, 3.63) is 85.8 Å². The van der Waals surface area contributed by atoms with Gasteiger partial charge in [0.05, 0.1) is 11.2 Å². The highest BCUT2D eigenvalue weighted by Crippen LogP contribution is 2.18. The number of halogens is 1. The third-order valence-electron chi connectivity index (χ3n) is 4.81. The summed E-state index contributed by atoms with van der Waals surface area (Å²) in [6, 6.07) is 15.5. The standard InChI is InChI=1S/C22H19ClN4O3S/c1-25(2)16-9-5-15(6-10-16)24-19(28)13-26-18-11-12-31-20(18)21(29)27(22(26)30)17-7-3-14(23)4-8-17/h3-12H,13H2,1-2H3,(H,24,28). The van der Waals surface area contributed by atoms with Gasteiger partial charge in [0.1, 0.15) is 11.2 Å². The van der Waals surface area contributed by atoms with Gasteiger partial charge in [0.25, 0.3) is 5.56 Å². The van der Waals surface area contributed by atoms with Crippen LogP contribution in [0.15, 0.2) is 69.6 Å². The number of carbonyl (C=O) groups excluding carboxylic acids is 1. The first kappa shape index (κ1) is 20.9. The smallest absolute Gasteiger partial charge is 0.336 e. The first-order valence-corrected chi connectivity index (χ1v) is 10.7. The van der Waals surface area contributed by atoms with Gasteiger partial charge in [0.2, 0.25) is 5.91 Å². The van der Waals surface area contributed by atoms with Gasteiger partial charge in [-0.2, -0.15) is 0 Å². The lowest BCUT2D eigenvalue weighted by Crippen LogP contribution is -2.40. The number of benzene rings is 2. The molecule has 2 aromatic heterocycles. The zero-order chi connectivity index (χ0) is 22.1. The lowest BCUT2D eigenvalue weighted by molar-refractivity contribution is -0.116. The first-order valence-electron chi connectivity index (χ1n) is 9.41. The Balaban J connectivity index is 1.71. The molecule has 0 unspecified atom stereocenters. The molecule has 158 valence electrons. The Morgan fingerprint density at radius 1 is 1.03 bits per heavy atom. The largest absolute Gasteiger partial charge is 0.378 e. The minimum absolute atomic E-state index is 0.227. The van der Waals surface area contributed by atoms with Crippen LogP contribution in [0.2, 0.25) is 5.02 Å². The van der Waals surface area contributed by atoms with Gasteiger partial charge in [0, 0.05) is 30.5 Å². The van der Waals surface area contributed by atoms with Crippen LogP contribution in [0.25, 0.3) is 15.9 Å². The maximum Gasteiger partial charge on any atom is 0.336 e. The predicted molar refractivity (Wildman–Crippen MR) is 126 cm³/mol. The fraction of sp³-hybridized carbons (Fsp3) is 0.136. The number of carbonyl (C=O) groups is 1. The molecule has 0 bridgehead atoms. The first-order chi connectivity index (χ1) is 14.8. The maximum atomic E-state index is 13.2. The van der Waals surface area contributed by atoms with E-state index in [1.54, 1.807) is 47.8 Å². The van der Waals surface area contributed by atoms with Gasteiger partial charge in [0.15, 0.2) is 0 Å². The monoisotopic (exact) mass is 454 g/mol. The summed E-state index contributed by atoms with van der Waals surface area (Å²) >= 11 is 7.16. The van der Waals surface area contributed by atoms with Crippen LogP contribution >= 0.6 is 22.9 Å². The minimum Gasteiger partial charge on any atom is -0.378 e. The van der Waals surface area contributed by atoms with Crippen molar-refractivity contribution in [2.75, 3.05) is 24.3 Å². The summed E-state index contributed by atoms with van der Waals surface area (Å²) in [6.07, 6.45) is 0. The fourth-order valence-electron chi connectivity index (χ4n) is 3.24. The summed E-state index contributed by atoms with van der Waals surface area (Å²) in [5, 5.41) is 5.03. The number of rotatable bonds is 5. The van der Waals surface area contributed by atoms with Crippen LogP contribution in [-0.2, 0) is 11.3 Å². The maximum absolute atomic E-state index is 13.2. The fourth-order valence-corrected chi connectivity index (χ4v) is 4.20. The number of fused-ring (bicyclic) bond motifs is 1. The molecule has 0 atom stereocenters. The molecule has 4 rings (SSSR count). The van der Waals surface area contributed by atoms with Gasteiger partial charge in [-0.3, -0.25) is 14.2 Å². The molecule has 0 radical (unpaired) electrons. The van der Waals surface area contributed by atoms with E-state index >= 15 is 0 Å². The van der Waals surface area contributed by atoms with Crippen molar-refractivity contribution in [3.63, 3.8) is 0 Å². The van der Waals surface area contributed by atoms with Gasteiger partial charge in [-0.1, -0.05) is 11.6 Å². The summed E-state index contributed by atoms with van der Waals surface area (Å²) in [7, 11) is 3.86. The van der Waals surface area contributed by atoms with Crippen LogP contribution in [-0.4, -0.2) is 29.1 Å². The normalized spacial score (nSPS) is 10.9. The van der Waals surface area contributed by atoms with Crippen molar-refractivity contribution in [1.82, 2.24) is 9.13 Å². The molecular formula is C22H19ClN4O3S. The Labute approximate surface area is 186 Å². The van der Waals surface area contributed by atoms with Gasteiger partial charge < -0.3 is 10.2 Å². The van der Waals surface area contributed by atoms with E-state index in [0.29, 0.717) is 26.6 Å². The van der Waals surface area contributed by atoms with Crippen LogP contribution in [0.1, 0.15) is 0 Å². The minimum atomic E-state index is -0.587. The SMILES string of the molecule is CN(C)c1ccc(NC(=O)Cn2c(=O)n(-c3ccc(Cl)cc3)c(=O)c3sccc32)cc1. The van der Waals surface area contributed by atoms with Crippen LogP contribution in [0.3, 0.4) is 0 Å². The second-order valence-corrected chi connectivity index (χ2v) is 8.46. The molecular weight excluding hydrogens is 436 g/mol. The molecule has 1 amide bonds. The van der Waals surface area contributed by atoms with Gasteiger partial charge >= 0.3 is 5.69 Å². The Kier molecular flexibility index (Phi) is 5.67. The van der Waals surface area contributed by atoms with Crippen molar-refractivity contribution in [2.24, 2.45) is 0 Å². The average molecular weight is 455 g/mol. The molecule has 1 N–H and O–H groups in total. The number of nitrogens with one attached hydrogen (secondary N) is 1. The lowest BCUT2D eigenvalue weighted by Gasteiger charge is -2.14. The highest BCUT2D eigenvalue weighted by atomic mass is 35.5. The molecule has 0 fully saturated rings. The highest BCUT2D eigenvalue weighted by Gasteiger charge is 2.17. The molecule has 0 aliphatic rings. The van der Waals surface area contributed by atoms with E-state index in [9.17, 15) is 14.4 Å². The number of thiophene rings is 1. The molecule has 0 aliphatic carbocycles. The van der Waals surface area contributed by atoms with Crippen molar-refractivity contribution in [2.45, 2.75) is 6.54 Å². The number of aromatic nitrogens is 2. The molecule has 31 heavy (non-hydrogen) atoms. The van der Waals surface area contributed by atoms with E-state index in [0.717, 1.165) is 10.3 Å². The predicted octanol–water partition coefficient (Wildman–Crippen LogP) is 3.57. The summed E-state index contributed by atoms with van der Waals surface area (Å²) in [4.78, 5) is 40.8. The summed E-state index contributed by atoms with van der Waals surface area (Å²) in [5.74, 6) is -0.367. The number of anilines is 2. The molecule has 0 spiro atoms. The molecule has 2 heterocycles. The Morgan fingerprint density at radius 2 is 1.71 bits per heavy atom. The van der Waals surface area contributed by atoms with E-state index in [1.165, 1.54) is 15.9 Å². The zero-order valence-corrected chi connectivity index (χ0v) is 18.4. The number of amides is 1. The molecule has 2 aromatic carbocycles. The van der Waals surface area contributed by atoms with E-state index in [2.05, 4.69) is 5.32 Å². The topological polar surface area (TPSA) is 76.3 Å². The van der Waals surface area contributed by atoms with E-state index in [4.69, 9.17) is 11.6 Å². The van der Waals surface area contributed by atoms with Gasteiger partial charge in [-0.05, 0) is 60.0 Å². The molecule has 0 saturated heterocycles. The molecule has 7 nitrogen and oxygen atoms in total. The quantitative estimate of drug-likeness (QED) is 0.500. The molecule has 0 aliphatic heterocycles. The van der Waals surface area contributed by atoms with Crippen LogP contribution in [0, 0.1) is 0 Å². The summed E-state index contributed by atoms with van der Waals surface area (Å²) < 4.78 is 2.78. The van der Waals surface area contributed by atoms with Crippen LogP contribution in [0.4, 0.5) is 11.4 Å². The number of nitrogens with zero attached hydrogens (tertiary/aromatic N) is 3. The Hall–Kier alpha value is -3.36. The van der Waals surface area contributed by atoms with E-state index < -0.39 is 11.2 Å². The third-order valence-corrected chi connectivity index (χ3v) is 5.95. The second kappa shape index (κ2) is 8.41. The van der Waals surface area contributed by atoms with Crippen molar-refractivity contribution in [1.29, 1.82) is 0 Å². The average Bonchev–Trinajstić information content (AvgIpc) is 3.23. The van der Waals surface area contributed by atoms with Crippen LogP contribution < -0.4 is 21.5 Å². The number of hydrogen-bond acceptors (Lipinski definition) is 5. The zero-order valence-electron chi connectivity index (χ0n) is 16.8. The lowest BCUT2D eigenvalue weighted by atomic mass is 10.2. The van der Waals surface area contributed by atoms with Crippen molar-refractivity contribution in [3.8, 4) is 5.69 Å². The van der Waals surface area contributed by atoms with Crippen molar-refractivity contribution < 1.29 is 4.79 Å². The third kappa shape index (κ3) is 4.12. The molecule has 0 saturated carbocycles.